The molecule has 1 aromatic carbocycles. The summed E-state index contributed by atoms with van der Waals surface area (Å²) in [5.41, 5.74) is 0.326. The third-order valence-corrected chi connectivity index (χ3v) is 6.54. The topological polar surface area (TPSA) is 70.7 Å². The summed E-state index contributed by atoms with van der Waals surface area (Å²) >= 11 is 0. The maximum atomic E-state index is 13.1. The first-order chi connectivity index (χ1) is 13.6. The summed E-state index contributed by atoms with van der Waals surface area (Å²) in [5, 5.41) is 6.05. The minimum Gasteiger partial charge on any atom is -0.381 e. The maximum absolute atomic E-state index is 13.1. The summed E-state index contributed by atoms with van der Waals surface area (Å²) in [6.07, 6.45) is 6.00. The Kier molecular flexibility index (Phi) is 5.53. The Morgan fingerprint density at radius 3 is 2.46 bits per heavy atom. The number of hydrogen-bond donors (Lipinski definition) is 2. The first-order valence-electron chi connectivity index (χ1n) is 10.3. The molecule has 28 heavy (non-hydrogen) atoms. The van der Waals surface area contributed by atoms with Gasteiger partial charge in [-0.1, -0.05) is 12.8 Å². The van der Waals surface area contributed by atoms with E-state index in [1.165, 1.54) is 37.1 Å². The van der Waals surface area contributed by atoms with E-state index in [-0.39, 0.29) is 35.1 Å². The standard InChI is InChI=1S/C21H28FN3O3/c22-15-5-7-17(8-6-15)24-20(27)25-13-18(19(26)23-16-3-1-2-4-16)21(14-25)9-11-28-12-10-21/h5-8,16,18H,1-4,9-14H2,(H,23,26)(H,24,27). The number of halogens is 1. The van der Waals surface area contributed by atoms with Gasteiger partial charge in [-0.3, -0.25) is 4.79 Å². The molecule has 3 fully saturated rings. The molecule has 152 valence electrons. The van der Waals surface area contributed by atoms with Crippen molar-refractivity contribution in [3.63, 3.8) is 0 Å². The zero-order valence-electron chi connectivity index (χ0n) is 16.1. The van der Waals surface area contributed by atoms with Crippen molar-refractivity contribution < 1.29 is 18.7 Å². The molecule has 1 spiro atoms. The second-order valence-electron chi connectivity index (χ2n) is 8.33. The molecule has 3 amide bonds. The summed E-state index contributed by atoms with van der Waals surface area (Å²) < 4.78 is 18.6. The van der Waals surface area contributed by atoms with Gasteiger partial charge in [0.2, 0.25) is 5.91 Å². The molecule has 1 aliphatic carbocycles. The van der Waals surface area contributed by atoms with Crippen molar-refractivity contribution in [1.29, 1.82) is 0 Å². The number of benzene rings is 1. The van der Waals surface area contributed by atoms with Crippen molar-refractivity contribution in [2.45, 2.75) is 44.6 Å². The number of likely N-dealkylation sites (tertiary alicyclic amines) is 1. The van der Waals surface area contributed by atoms with E-state index in [4.69, 9.17) is 4.74 Å². The first kappa shape index (κ1) is 19.2. The fourth-order valence-corrected chi connectivity index (χ4v) is 4.88. The lowest BCUT2D eigenvalue weighted by molar-refractivity contribution is -0.130. The van der Waals surface area contributed by atoms with Gasteiger partial charge in [0.25, 0.3) is 0 Å². The minimum atomic E-state index is -0.344. The van der Waals surface area contributed by atoms with Crippen molar-refractivity contribution >= 4 is 17.6 Å². The minimum absolute atomic E-state index is 0.0749. The Labute approximate surface area is 164 Å². The van der Waals surface area contributed by atoms with Gasteiger partial charge >= 0.3 is 6.03 Å². The number of nitrogens with zero attached hydrogens (tertiary/aromatic N) is 1. The van der Waals surface area contributed by atoms with Crippen LogP contribution in [0.5, 0.6) is 0 Å². The monoisotopic (exact) mass is 389 g/mol. The van der Waals surface area contributed by atoms with Gasteiger partial charge in [-0.2, -0.15) is 0 Å². The Bertz CT molecular complexity index is 712. The van der Waals surface area contributed by atoms with Gasteiger partial charge in [0.05, 0.1) is 5.92 Å². The van der Waals surface area contributed by atoms with E-state index in [1.807, 2.05) is 0 Å². The van der Waals surface area contributed by atoms with Gasteiger partial charge in [0, 0.05) is 43.4 Å². The number of rotatable bonds is 3. The first-order valence-corrected chi connectivity index (χ1v) is 10.3. The van der Waals surface area contributed by atoms with Crippen LogP contribution in [0.2, 0.25) is 0 Å². The summed E-state index contributed by atoms with van der Waals surface area (Å²) in [6, 6.07) is 5.74. The lowest BCUT2D eigenvalue weighted by Gasteiger charge is -2.37. The lowest BCUT2D eigenvalue weighted by atomic mass is 9.71. The van der Waals surface area contributed by atoms with Crippen LogP contribution in [0, 0.1) is 17.2 Å². The second-order valence-corrected chi connectivity index (χ2v) is 8.33. The molecule has 0 radical (unpaired) electrons. The van der Waals surface area contributed by atoms with Crippen LogP contribution in [0.15, 0.2) is 24.3 Å². The molecule has 2 saturated heterocycles. The van der Waals surface area contributed by atoms with E-state index in [9.17, 15) is 14.0 Å². The number of hydrogen-bond acceptors (Lipinski definition) is 3. The molecular formula is C21H28FN3O3. The van der Waals surface area contributed by atoms with Crippen molar-refractivity contribution in [3.05, 3.63) is 30.1 Å². The van der Waals surface area contributed by atoms with Crippen LogP contribution < -0.4 is 10.6 Å². The number of anilines is 1. The zero-order valence-corrected chi connectivity index (χ0v) is 16.1. The van der Waals surface area contributed by atoms with Crippen molar-refractivity contribution in [1.82, 2.24) is 10.2 Å². The van der Waals surface area contributed by atoms with E-state index in [0.717, 1.165) is 25.7 Å². The smallest absolute Gasteiger partial charge is 0.321 e. The van der Waals surface area contributed by atoms with Gasteiger partial charge in [-0.05, 0) is 49.9 Å². The molecule has 1 aromatic rings. The Morgan fingerprint density at radius 1 is 1.11 bits per heavy atom. The van der Waals surface area contributed by atoms with E-state index < -0.39 is 0 Å². The van der Waals surface area contributed by atoms with Crippen LogP contribution >= 0.6 is 0 Å². The molecule has 0 aromatic heterocycles. The zero-order chi connectivity index (χ0) is 19.6. The summed E-state index contributed by atoms with van der Waals surface area (Å²) in [7, 11) is 0. The molecule has 2 N–H and O–H groups in total. The molecule has 4 rings (SSSR count). The highest BCUT2D eigenvalue weighted by molar-refractivity contribution is 5.90. The Balaban J connectivity index is 1.46. The molecule has 0 bridgehead atoms. The molecular weight excluding hydrogens is 361 g/mol. The highest BCUT2D eigenvalue weighted by atomic mass is 19.1. The van der Waals surface area contributed by atoms with Crippen LogP contribution in [0.25, 0.3) is 0 Å². The average Bonchev–Trinajstić information content (AvgIpc) is 3.32. The van der Waals surface area contributed by atoms with Gasteiger partial charge in [-0.25, -0.2) is 9.18 Å². The number of amides is 3. The van der Waals surface area contributed by atoms with Crippen LogP contribution in [-0.4, -0.2) is 49.2 Å². The quantitative estimate of drug-likeness (QED) is 0.834. The number of carbonyl (C=O) groups is 2. The fraction of sp³-hybridized carbons (Fsp3) is 0.619. The fourth-order valence-electron chi connectivity index (χ4n) is 4.88. The van der Waals surface area contributed by atoms with Crippen molar-refractivity contribution in [3.8, 4) is 0 Å². The number of ether oxygens (including phenoxy) is 1. The van der Waals surface area contributed by atoms with Crippen LogP contribution in [-0.2, 0) is 9.53 Å². The summed E-state index contributed by atoms with van der Waals surface area (Å²) in [5.74, 6) is -0.481. The molecule has 1 saturated carbocycles. The van der Waals surface area contributed by atoms with Crippen LogP contribution in [0.4, 0.5) is 14.9 Å². The van der Waals surface area contributed by atoms with Crippen LogP contribution in [0.3, 0.4) is 0 Å². The third-order valence-electron chi connectivity index (χ3n) is 6.54. The van der Waals surface area contributed by atoms with Crippen LogP contribution in [0.1, 0.15) is 38.5 Å². The number of carbonyl (C=O) groups excluding carboxylic acids is 2. The van der Waals surface area contributed by atoms with Crippen molar-refractivity contribution in [2.75, 3.05) is 31.6 Å². The number of nitrogens with one attached hydrogen (secondary N) is 2. The Morgan fingerprint density at radius 2 is 1.79 bits per heavy atom. The summed E-state index contributed by atoms with van der Waals surface area (Å²) in [4.78, 5) is 27.6. The molecule has 2 aliphatic heterocycles. The van der Waals surface area contributed by atoms with Gasteiger partial charge in [0.15, 0.2) is 0 Å². The molecule has 6 nitrogen and oxygen atoms in total. The maximum Gasteiger partial charge on any atom is 0.321 e. The van der Waals surface area contributed by atoms with E-state index in [1.54, 1.807) is 4.90 Å². The molecule has 1 unspecified atom stereocenters. The largest absolute Gasteiger partial charge is 0.381 e. The van der Waals surface area contributed by atoms with Gasteiger partial charge in [0.1, 0.15) is 5.82 Å². The highest BCUT2D eigenvalue weighted by Gasteiger charge is 2.52. The summed E-state index contributed by atoms with van der Waals surface area (Å²) in [6.45, 7) is 2.21. The Hall–Kier alpha value is -2.15. The molecule has 7 heteroatoms. The highest BCUT2D eigenvalue weighted by Crippen LogP contribution is 2.44. The number of urea groups is 1. The molecule has 2 heterocycles. The lowest BCUT2D eigenvalue weighted by Crippen LogP contribution is -2.46. The van der Waals surface area contributed by atoms with Crippen molar-refractivity contribution in [2.24, 2.45) is 11.3 Å². The average molecular weight is 389 g/mol. The SMILES string of the molecule is O=C(NC1CCCC1)C1CN(C(=O)Nc2ccc(F)cc2)CC12CCOCC2. The predicted octanol–water partition coefficient (Wildman–Crippen LogP) is 3.15. The van der Waals surface area contributed by atoms with E-state index in [2.05, 4.69) is 10.6 Å². The normalized spacial score (nSPS) is 24.5. The molecule has 3 aliphatic rings. The third kappa shape index (κ3) is 3.99. The van der Waals surface area contributed by atoms with Gasteiger partial charge in [-0.15, -0.1) is 0 Å². The van der Waals surface area contributed by atoms with E-state index in [0.29, 0.717) is 32.0 Å². The predicted molar refractivity (Wildman–Crippen MR) is 103 cm³/mol. The van der Waals surface area contributed by atoms with Gasteiger partial charge < -0.3 is 20.3 Å². The van der Waals surface area contributed by atoms with E-state index >= 15 is 0 Å². The second kappa shape index (κ2) is 8.07. The molecule has 1 atom stereocenters.